The molecule has 1 aliphatic carbocycles. The number of rotatable bonds is 7. The Labute approximate surface area is 131 Å². The van der Waals surface area contributed by atoms with Gasteiger partial charge in [-0.1, -0.05) is 63.9 Å². The van der Waals surface area contributed by atoms with E-state index in [0.717, 1.165) is 30.2 Å². The first kappa shape index (κ1) is 16.5. The Hall–Kier alpha value is -0.820. The van der Waals surface area contributed by atoms with Gasteiger partial charge in [0.1, 0.15) is 0 Å². The quantitative estimate of drug-likeness (QED) is 0.751. The van der Waals surface area contributed by atoms with Crippen molar-refractivity contribution in [3.8, 4) is 0 Å². The second-order valence-corrected chi connectivity index (χ2v) is 7.35. The van der Waals surface area contributed by atoms with Crippen LogP contribution >= 0.6 is 0 Å². The fourth-order valence-corrected chi connectivity index (χ4v) is 3.79. The van der Waals surface area contributed by atoms with Gasteiger partial charge in [0.2, 0.25) is 0 Å². The van der Waals surface area contributed by atoms with E-state index in [-0.39, 0.29) is 0 Å². The van der Waals surface area contributed by atoms with Gasteiger partial charge >= 0.3 is 0 Å². The first-order valence-corrected chi connectivity index (χ1v) is 8.93. The molecule has 1 saturated carbocycles. The van der Waals surface area contributed by atoms with Crippen LogP contribution in [0.5, 0.6) is 0 Å². The van der Waals surface area contributed by atoms with Gasteiger partial charge in [-0.3, -0.25) is 0 Å². The molecule has 21 heavy (non-hydrogen) atoms. The molecule has 1 heteroatoms. The highest BCUT2D eigenvalue weighted by atomic mass is 14.9. The third kappa shape index (κ3) is 5.47. The molecular weight excluding hydrogens is 254 g/mol. The Morgan fingerprint density at radius 1 is 1.10 bits per heavy atom. The van der Waals surface area contributed by atoms with Gasteiger partial charge in [0, 0.05) is 0 Å². The van der Waals surface area contributed by atoms with E-state index >= 15 is 0 Å². The van der Waals surface area contributed by atoms with Crippen LogP contribution in [-0.2, 0) is 6.42 Å². The van der Waals surface area contributed by atoms with Crippen LogP contribution < -0.4 is 5.32 Å². The van der Waals surface area contributed by atoms with Crippen molar-refractivity contribution in [1.29, 1.82) is 0 Å². The van der Waals surface area contributed by atoms with Crippen LogP contribution in [0.4, 0.5) is 0 Å². The summed E-state index contributed by atoms with van der Waals surface area (Å²) in [6.07, 6.45) is 6.92. The Morgan fingerprint density at radius 2 is 1.86 bits per heavy atom. The Kier molecular flexibility index (Phi) is 6.76. The van der Waals surface area contributed by atoms with E-state index in [0.29, 0.717) is 0 Å². The fourth-order valence-electron chi connectivity index (χ4n) is 3.79. The average Bonchev–Trinajstić information content (AvgIpc) is 2.49. The molecule has 1 fully saturated rings. The predicted molar refractivity (Wildman–Crippen MR) is 92.5 cm³/mol. The molecule has 1 nitrogen and oxygen atoms in total. The molecule has 3 atom stereocenters. The average molecular weight is 287 g/mol. The minimum atomic E-state index is 0.754. The summed E-state index contributed by atoms with van der Waals surface area (Å²) in [6, 6.07) is 11.1. The van der Waals surface area contributed by atoms with Gasteiger partial charge in [-0.15, -0.1) is 0 Å². The van der Waals surface area contributed by atoms with Crippen LogP contribution in [0, 0.1) is 23.7 Å². The molecule has 0 heterocycles. The second kappa shape index (κ2) is 8.58. The van der Waals surface area contributed by atoms with Crippen molar-refractivity contribution in [2.75, 3.05) is 13.1 Å². The van der Waals surface area contributed by atoms with Crippen LogP contribution in [0.1, 0.15) is 52.0 Å². The van der Waals surface area contributed by atoms with Crippen molar-refractivity contribution < 1.29 is 0 Å². The molecular formula is C20H33N. The fraction of sp³-hybridized carbons (Fsp3) is 0.700. The van der Waals surface area contributed by atoms with E-state index in [2.05, 4.69) is 56.4 Å². The zero-order valence-electron chi connectivity index (χ0n) is 14.1. The lowest BCUT2D eigenvalue weighted by molar-refractivity contribution is 0.170. The van der Waals surface area contributed by atoms with Crippen LogP contribution in [0.15, 0.2) is 30.3 Å². The SMILES string of the molecule is CCC1CCC(CNCC(C)C)C(Cc2ccccc2)C1. The first-order chi connectivity index (χ1) is 10.2. The highest BCUT2D eigenvalue weighted by molar-refractivity contribution is 5.15. The topological polar surface area (TPSA) is 12.0 Å². The second-order valence-electron chi connectivity index (χ2n) is 7.35. The maximum atomic E-state index is 3.70. The van der Waals surface area contributed by atoms with Crippen molar-refractivity contribution >= 4 is 0 Å². The largest absolute Gasteiger partial charge is 0.316 e. The van der Waals surface area contributed by atoms with Crippen molar-refractivity contribution in [2.24, 2.45) is 23.7 Å². The van der Waals surface area contributed by atoms with Gasteiger partial charge in [-0.2, -0.15) is 0 Å². The van der Waals surface area contributed by atoms with E-state index in [1.807, 2.05) is 0 Å². The van der Waals surface area contributed by atoms with Gasteiger partial charge < -0.3 is 5.32 Å². The molecule has 0 bridgehead atoms. The van der Waals surface area contributed by atoms with E-state index < -0.39 is 0 Å². The van der Waals surface area contributed by atoms with Gasteiger partial charge in [-0.25, -0.2) is 0 Å². The third-order valence-corrected chi connectivity index (χ3v) is 5.13. The molecule has 3 unspecified atom stereocenters. The smallest absolute Gasteiger partial charge is 0.00176 e. The lowest BCUT2D eigenvalue weighted by Gasteiger charge is -2.36. The summed E-state index contributed by atoms with van der Waals surface area (Å²) in [4.78, 5) is 0. The summed E-state index contributed by atoms with van der Waals surface area (Å²) in [5.74, 6) is 3.45. The van der Waals surface area contributed by atoms with Crippen LogP contribution in [0.2, 0.25) is 0 Å². The monoisotopic (exact) mass is 287 g/mol. The van der Waals surface area contributed by atoms with Gasteiger partial charge in [-0.05, 0) is 61.6 Å². The van der Waals surface area contributed by atoms with Crippen LogP contribution in [0.3, 0.4) is 0 Å². The maximum absolute atomic E-state index is 3.70. The molecule has 0 amide bonds. The van der Waals surface area contributed by atoms with E-state index in [1.54, 1.807) is 0 Å². The Bertz CT molecular complexity index is 384. The van der Waals surface area contributed by atoms with Gasteiger partial charge in [0.15, 0.2) is 0 Å². The normalized spacial score (nSPS) is 26.2. The molecule has 0 spiro atoms. The number of benzene rings is 1. The van der Waals surface area contributed by atoms with E-state index in [1.165, 1.54) is 44.2 Å². The molecule has 2 rings (SSSR count). The predicted octanol–water partition coefficient (Wildman–Crippen LogP) is 4.92. The number of hydrogen-bond donors (Lipinski definition) is 1. The third-order valence-electron chi connectivity index (χ3n) is 5.13. The molecule has 1 aromatic carbocycles. The Morgan fingerprint density at radius 3 is 2.52 bits per heavy atom. The summed E-state index contributed by atoms with van der Waals surface area (Å²) in [5.41, 5.74) is 1.52. The summed E-state index contributed by atoms with van der Waals surface area (Å²) in [7, 11) is 0. The lowest BCUT2D eigenvalue weighted by Crippen LogP contribution is -2.35. The summed E-state index contributed by atoms with van der Waals surface area (Å²) < 4.78 is 0. The van der Waals surface area contributed by atoms with Crippen LogP contribution in [-0.4, -0.2) is 13.1 Å². The minimum absolute atomic E-state index is 0.754. The zero-order valence-corrected chi connectivity index (χ0v) is 14.1. The molecule has 0 aromatic heterocycles. The van der Waals surface area contributed by atoms with Crippen molar-refractivity contribution in [2.45, 2.75) is 52.9 Å². The van der Waals surface area contributed by atoms with Gasteiger partial charge in [0.25, 0.3) is 0 Å². The van der Waals surface area contributed by atoms with Crippen molar-refractivity contribution in [3.05, 3.63) is 35.9 Å². The minimum Gasteiger partial charge on any atom is -0.316 e. The van der Waals surface area contributed by atoms with E-state index in [9.17, 15) is 0 Å². The summed E-state index contributed by atoms with van der Waals surface area (Å²) >= 11 is 0. The van der Waals surface area contributed by atoms with Gasteiger partial charge in [0.05, 0.1) is 0 Å². The molecule has 118 valence electrons. The molecule has 0 saturated heterocycles. The molecule has 1 aliphatic rings. The number of nitrogens with one attached hydrogen (secondary N) is 1. The zero-order chi connectivity index (χ0) is 15.1. The highest BCUT2D eigenvalue weighted by Crippen LogP contribution is 2.37. The van der Waals surface area contributed by atoms with E-state index in [4.69, 9.17) is 0 Å². The summed E-state index contributed by atoms with van der Waals surface area (Å²) in [6.45, 7) is 9.32. The molecule has 1 aromatic rings. The van der Waals surface area contributed by atoms with Crippen LogP contribution in [0.25, 0.3) is 0 Å². The molecule has 0 radical (unpaired) electrons. The standard InChI is InChI=1S/C20H33N/c1-4-17-10-11-19(15-21-14-16(2)3)20(12-17)13-18-8-6-5-7-9-18/h5-9,16-17,19-21H,4,10-15H2,1-3H3. The maximum Gasteiger partial charge on any atom is -0.00176 e. The molecule has 0 aliphatic heterocycles. The van der Waals surface area contributed by atoms with Crippen molar-refractivity contribution in [3.63, 3.8) is 0 Å². The lowest BCUT2D eigenvalue weighted by atomic mass is 9.71. The molecule has 1 N–H and O–H groups in total. The summed E-state index contributed by atoms with van der Waals surface area (Å²) in [5, 5.41) is 3.70. The number of hydrogen-bond acceptors (Lipinski definition) is 1. The van der Waals surface area contributed by atoms with Crippen molar-refractivity contribution in [1.82, 2.24) is 5.32 Å². The highest BCUT2D eigenvalue weighted by Gasteiger charge is 2.29. The first-order valence-electron chi connectivity index (χ1n) is 8.93. The Balaban J connectivity index is 1.93.